The minimum Gasteiger partial charge on any atom is -1.00 e. The second kappa shape index (κ2) is 19.5. The van der Waals surface area contributed by atoms with Gasteiger partial charge in [0.2, 0.25) is 0 Å². The average molecular weight is 323 g/mol. The predicted molar refractivity (Wildman–Crippen MR) is 91.2 cm³/mol. The first-order valence-corrected chi connectivity index (χ1v) is 9.06. The van der Waals surface area contributed by atoms with Gasteiger partial charge < -0.3 is 6.26 Å². The summed E-state index contributed by atoms with van der Waals surface area (Å²) in [5, 5.41) is 1.64. The monoisotopic (exact) mass is 323 g/mol. The van der Waals surface area contributed by atoms with Crippen molar-refractivity contribution in [1.29, 1.82) is 0 Å². The number of carbonyl (C=O) groups is 1. The summed E-state index contributed by atoms with van der Waals surface area (Å²) in [4.78, 5) is 15.7. The molecule has 0 unspecified atom stereocenters. The van der Waals surface area contributed by atoms with Crippen LogP contribution in [0.25, 0.3) is 0 Å². The van der Waals surface area contributed by atoms with Gasteiger partial charge in [0, 0.05) is 20.5 Å². The zero-order chi connectivity index (χ0) is 15.8. The van der Waals surface area contributed by atoms with Crippen LogP contribution in [0.4, 0.5) is 0 Å². The number of nitrogens with zero attached hydrogens (tertiary/aromatic N) is 1. The second-order valence-electron chi connectivity index (χ2n) is 6.18. The molecule has 0 radical (unpaired) electrons. The van der Waals surface area contributed by atoms with E-state index >= 15 is 0 Å². The van der Waals surface area contributed by atoms with Crippen LogP contribution in [0.15, 0.2) is 0 Å². The van der Waals surface area contributed by atoms with E-state index in [-0.39, 0.29) is 37.0 Å². The van der Waals surface area contributed by atoms with Gasteiger partial charge in [0.05, 0.1) is 0 Å². The Balaban J connectivity index is -0.00000200. The summed E-state index contributed by atoms with van der Waals surface area (Å²) >= 11 is 0. The maximum Gasteiger partial charge on any atom is 1.00 e. The van der Waals surface area contributed by atoms with Crippen LogP contribution in [0.1, 0.15) is 98.7 Å². The molecule has 0 amide bonds. The second-order valence-corrected chi connectivity index (χ2v) is 6.18. The summed E-state index contributed by atoms with van der Waals surface area (Å²) in [6.07, 6.45) is 17.7. The molecule has 22 heavy (non-hydrogen) atoms. The fourth-order valence-electron chi connectivity index (χ4n) is 2.62. The summed E-state index contributed by atoms with van der Waals surface area (Å²) in [7, 11) is 1.82. The predicted octanol–water partition coefficient (Wildman–Crippen LogP) is 2.60. The molecule has 0 heterocycles. The Morgan fingerprint density at radius 1 is 0.818 bits per heavy atom. The molecule has 0 aromatic carbocycles. The van der Waals surface area contributed by atoms with Crippen LogP contribution in [0.2, 0.25) is 0 Å². The first-order valence-electron chi connectivity index (χ1n) is 9.06. The topological polar surface area (TPSA) is 29.5 Å². The number of hydroxylamine groups is 2. The number of carbonyl (C=O) groups excluding carboxylic acids is 1. The molecule has 0 aromatic rings. The van der Waals surface area contributed by atoms with Crippen molar-refractivity contribution in [3.63, 3.8) is 0 Å². The van der Waals surface area contributed by atoms with Crippen molar-refractivity contribution in [2.75, 3.05) is 13.6 Å². The molecule has 3 nitrogen and oxygen atoms in total. The van der Waals surface area contributed by atoms with Crippen LogP contribution in [0.5, 0.6) is 0 Å². The normalized spacial score (nSPS) is 10.5. The van der Waals surface area contributed by atoms with Crippen LogP contribution in [0, 0.1) is 0 Å². The summed E-state index contributed by atoms with van der Waals surface area (Å²) in [5.74, 6) is -0.229. The fraction of sp³-hybridized carbons (Fsp3) is 0.944. The summed E-state index contributed by atoms with van der Waals surface area (Å²) in [5.41, 5.74) is 0. The third-order valence-electron chi connectivity index (χ3n) is 3.86. The van der Waals surface area contributed by atoms with E-state index in [4.69, 9.17) is 4.84 Å². The molecular weight excluding hydrogens is 285 g/mol. The van der Waals surface area contributed by atoms with Crippen molar-refractivity contribution >= 4 is 5.97 Å². The van der Waals surface area contributed by atoms with Gasteiger partial charge >= 0.3 is 35.5 Å². The van der Waals surface area contributed by atoms with E-state index < -0.39 is 0 Å². The van der Waals surface area contributed by atoms with Gasteiger partial charge in [0.15, 0.2) is 0 Å². The Kier molecular flexibility index (Phi) is 21.8. The molecule has 0 rings (SSSR count). The molecule has 0 atom stereocenters. The van der Waals surface area contributed by atoms with Crippen molar-refractivity contribution in [2.24, 2.45) is 0 Å². The van der Waals surface area contributed by atoms with E-state index in [1.807, 2.05) is 7.05 Å². The molecule has 0 saturated heterocycles. The number of rotatable bonds is 15. The minimum atomic E-state index is -0.229. The zero-order valence-corrected chi connectivity index (χ0v) is 17.7. The third-order valence-corrected chi connectivity index (χ3v) is 3.86. The van der Waals surface area contributed by atoms with Crippen molar-refractivity contribution in [1.82, 2.24) is 5.06 Å². The van der Waals surface area contributed by atoms with Crippen molar-refractivity contribution < 1.29 is 40.6 Å². The molecule has 0 bridgehead atoms. The van der Waals surface area contributed by atoms with Crippen LogP contribution in [-0.2, 0) is 9.63 Å². The van der Waals surface area contributed by atoms with Gasteiger partial charge in [-0.25, -0.2) is 0 Å². The van der Waals surface area contributed by atoms with Crippen molar-refractivity contribution in [3.05, 3.63) is 0 Å². The molecule has 128 valence electrons. The summed E-state index contributed by atoms with van der Waals surface area (Å²) in [6.45, 7) is 4.56. The molecule has 0 fully saturated rings. The fourth-order valence-corrected chi connectivity index (χ4v) is 2.62. The average Bonchev–Trinajstić information content (AvgIpc) is 2.43. The van der Waals surface area contributed by atoms with Gasteiger partial charge in [-0.15, -0.1) is 5.06 Å². The Bertz CT molecular complexity index is 243. The maximum atomic E-state index is 10.7. The summed E-state index contributed by atoms with van der Waals surface area (Å²) < 4.78 is 0. The molecule has 0 N–H and O–H groups in total. The molecule has 0 aliphatic heterocycles. The van der Waals surface area contributed by atoms with Crippen LogP contribution >= 0.6 is 0 Å². The molecule has 4 heteroatoms. The van der Waals surface area contributed by atoms with E-state index in [9.17, 15) is 4.79 Å². The van der Waals surface area contributed by atoms with E-state index in [0.717, 1.165) is 13.0 Å². The molecule has 0 aliphatic rings. The van der Waals surface area contributed by atoms with E-state index in [1.54, 1.807) is 5.06 Å². The van der Waals surface area contributed by atoms with Crippen LogP contribution < -0.4 is 29.6 Å². The first kappa shape index (κ1) is 24.7. The van der Waals surface area contributed by atoms with Crippen LogP contribution in [-0.4, -0.2) is 24.6 Å². The quantitative estimate of drug-likeness (QED) is 0.264. The largest absolute Gasteiger partial charge is 1.00 e. The Morgan fingerprint density at radius 3 is 1.55 bits per heavy atom. The van der Waals surface area contributed by atoms with Crippen molar-refractivity contribution in [3.8, 4) is 0 Å². The molecule has 0 spiro atoms. The Hall–Kier alpha value is 0.430. The third kappa shape index (κ3) is 20.4. The summed E-state index contributed by atoms with van der Waals surface area (Å²) in [6, 6.07) is 0. The number of unbranched alkanes of at least 4 members (excludes halogenated alkanes) is 12. The maximum absolute atomic E-state index is 10.7. The Morgan fingerprint density at radius 2 is 1.18 bits per heavy atom. The van der Waals surface area contributed by atoms with E-state index in [0.29, 0.717) is 0 Å². The number of hydrogen-bond acceptors (Lipinski definition) is 3. The number of hydrogen-bond donors (Lipinski definition) is 0. The Labute approximate surface area is 162 Å². The molecule has 0 aromatic heterocycles. The van der Waals surface area contributed by atoms with Gasteiger partial charge in [-0.2, -0.15) is 0 Å². The van der Waals surface area contributed by atoms with E-state index in [1.165, 1.54) is 84.0 Å². The zero-order valence-electron chi connectivity index (χ0n) is 16.7. The van der Waals surface area contributed by atoms with Gasteiger partial charge in [-0.3, -0.25) is 4.79 Å². The van der Waals surface area contributed by atoms with E-state index in [2.05, 4.69) is 6.92 Å². The molecular formula is C18H38NNaO2. The minimum absolute atomic E-state index is 0. The standard InChI is InChI=1S/C18H37NO2.Na.H/c1-4-5-6-7-8-9-10-11-12-13-14-15-16-17-19(3)21-18(2)20;;/h4-17H2,1-3H3;;/q;+1;-1. The molecule has 0 saturated carbocycles. The van der Waals surface area contributed by atoms with Gasteiger partial charge in [-0.1, -0.05) is 84.0 Å². The smallest absolute Gasteiger partial charge is 1.00 e. The van der Waals surface area contributed by atoms with Crippen LogP contribution in [0.3, 0.4) is 0 Å². The molecule has 0 aliphatic carbocycles. The first-order chi connectivity index (χ1) is 10.2. The van der Waals surface area contributed by atoms with Gasteiger partial charge in [0.1, 0.15) is 0 Å². The van der Waals surface area contributed by atoms with Gasteiger partial charge in [-0.05, 0) is 6.42 Å². The SMILES string of the molecule is CCCCCCCCCCCCCCCN(C)OC(C)=O.[H-].[Na+]. The van der Waals surface area contributed by atoms with Gasteiger partial charge in [0.25, 0.3) is 0 Å². The van der Waals surface area contributed by atoms with Crippen molar-refractivity contribution in [2.45, 2.75) is 97.3 Å².